The van der Waals surface area contributed by atoms with Crippen molar-refractivity contribution in [2.24, 2.45) is 0 Å². The summed E-state index contributed by atoms with van der Waals surface area (Å²) < 4.78 is 4.94. The Bertz CT molecular complexity index is 111. The van der Waals surface area contributed by atoms with E-state index < -0.39 is 7.32 Å². The van der Waals surface area contributed by atoms with Crippen LogP contribution in [0.2, 0.25) is 0 Å². The van der Waals surface area contributed by atoms with Gasteiger partial charge in [-0.1, -0.05) is 32.1 Å². The van der Waals surface area contributed by atoms with Gasteiger partial charge >= 0.3 is 7.32 Å². The summed E-state index contributed by atoms with van der Waals surface area (Å²) in [5, 5.41) is 17.2. The molecule has 0 aromatic rings. The standard InChI is InChI=1S/C8H17BO3/c10-9(11)12-8-6-4-2-1-3-5-7-8/h8,10-11H,1-7H2. The number of hydrogen-bond acceptors (Lipinski definition) is 3. The molecule has 0 spiro atoms. The first-order valence-corrected chi connectivity index (χ1v) is 4.80. The van der Waals surface area contributed by atoms with Gasteiger partial charge in [-0.15, -0.1) is 0 Å². The van der Waals surface area contributed by atoms with Gasteiger partial charge < -0.3 is 14.7 Å². The van der Waals surface area contributed by atoms with Crippen LogP contribution in [0.1, 0.15) is 44.9 Å². The van der Waals surface area contributed by atoms with Gasteiger partial charge in [0.2, 0.25) is 0 Å². The van der Waals surface area contributed by atoms with Crippen LogP contribution in [0.5, 0.6) is 0 Å². The van der Waals surface area contributed by atoms with Crippen molar-refractivity contribution in [3.63, 3.8) is 0 Å². The van der Waals surface area contributed by atoms with Gasteiger partial charge in [0.1, 0.15) is 0 Å². The highest BCUT2D eigenvalue weighted by Crippen LogP contribution is 2.19. The Balaban J connectivity index is 2.20. The van der Waals surface area contributed by atoms with E-state index in [0.29, 0.717) is 0 Å². The Morgan fingerprint density at radius 3 is 1.92 bits per heavy atom. The molecule has 0 radical (unpaired) electrons. The fourth-order valence-corrected chi connectivity index (χ4v) is 1.73. The second-order valence-corrected chi connectivity index (χ2v) is 3.43. The average molecular weight is 172 g/mol. The molecular weight excluding hydrogens is 155 g/mol. The van der Waals surface area contributed by atoms with E-state index in [-0.39, 0.29) is 6.10 Å². The van der Waals surface area contributed by atoms with Crippen LogP contribution < -0.4 is 0 Å². The second kappa shape index (κ2) is 5.57. The van der Waals surface area contributed by atoms with Crippen molar-refractivity contribution in [2.75, 3.05) is 0 Å². The molecule has 4 heteroatoms. The first kappa shape index (κ1) is 10.0. The molecule has 1 fully saturated rings. The Morgan fingerprint density at radius 2 is 1.42 bits per heavy atom. The van der Waals surface area contributed by atoms with Gasteiger partial charge in [0.05, 0.1) is 0 Å². The molecule has 0 atom stereocenters. The molecule has 1 saturated carbocycles. The molecule has 2 N–H and O–H groups in total. The second-order valence-electron chi connectivity index (χ2n) is 3.43. The Kier molecular flexibility index (Phi) is 4.65. The van der Waals surface area contributed by atoms with Gasteiger partial charge in [0, 0.05) is 6.10 Å². The summed E-state index contributed by atoms with van der Waals surface area (Å²) in [5.41, 5.74) is 0. The fourth-order valence-electron chi connectivity index (χ4n) is 1.73. The zero-order valence-electron chi connectivity index (χ0n) is 7.41. The van der Waals surface area contributed by atoms with E-state index in [0.717, 1.165) is 25.7 Å². The van der Waals surface area contributed by atoms with E-state index in [9.17, 15) is 0 Å². The van der Waals surface area contributed by atoms with Crippen LogP contribution in [0.4, 0.5) is 0 Å². The van der Waals surface area contributed by atoms with E-state index in [1.165, 1.54) is 19.3 Å². The zero-order chi connectivity index (χ0) is 8.81. The van der Waals surface area contributed by atoms with Gasteiger partial charge in [-0.2, -0.15) is 0 Å². The highest BCUT2D eigenvalue weighted by atomic mass is 16.6. The lowest BCUT2D eigenvalue weighted by Gasteiger charge is -2.19. The van der Waals surface area contributed by atoms with Crippen molar-refractivity contribution >= 4 is 7.32 Å². The van der Waals surface area contributed by atoms with Gasteiger partial charge in [0.15, 0.2) is 0 Å². The molecule has 0 heterocycles. The molecule has 0 aliphatic heterocycles. The third-order valence-corrected chi connectivity index (χ3v) is 2.37. The fraction of sp³-hybridized carbons (Fsp3) is 1.00. The summed E-state index contributed by atoms with van der Waals surface area (Å²) in [5.74, 6) is 0. The van der Waals surface area contributed by atoms with Crippen LogP contribution in [0.15, 0.2) is 0 Å². The van der Waals surface area contributed by atoms with E-state index in [1.807, 2.05) is 0 Å². The molecule has 1 aliphatic carbocycles. The molecule has 1 aliphatic rings. The first-order chi connectivity index (χ1) is 5.79. The van der Waals surface area contributed by atoms with Gasteiger partial charge in [-0.3, -0.25) is 0 Å². The monoisotopic (exact) mass is 172 g/mol. The van der Waals surface area contributed by atoms with E-state index in [4.69, 9.17) is 14.7 Å². The van der Waals surface area contributed by atoms with Crippen LogP contribution in [0, 0.1) is 0 Å². The molecule has 0 aromatic carbocycles. The molecule has 1 rings (SSSR count). The molecule has 0 aromatic heterocycles. The Labute approximate surface area is 73.9 Å². The number of hydrogen-bond donors (Lipinski definition) is 2. The van der Waals surface area contributed by atoms with Crippen LogP contribution in [0.25, 0.3) is 0 Å². The molecule has 0 amide bonds. The van der Waals surface area contributed by atoms with Gasteiger partial charge in [0.25, 0.3) is 0 Å². The SMILES string of the molecule is OB(O)OC1CCCCCCC1. The van der Waals surface area contributed by atoms with Crippen LogP contribution in [0.3, 0.4) is 0 Å². The van der Waals surface area contributed by atoms with Crippen molar-refractivity contribution in [1.82, 2.24) is 0 Å². The third kappa shape index (κ3) is 4.09. The third-order valence-electron chi connectivity index (χ3n) is 2.37. The van der Waals surface area contributed by atoms with Crippen LogP contribution in [-0.4, -0.2) is 23.5 Å². The summed E-state index contributed by atoms with van der Waals surface area (Å²) in [6.07, 6.45) is 8.12. The maximum absolute atomic E-state index is 8.60. The molecule has 12 heavy (non-hydrogen) atoms. The lowest BCUT2D eigenvalue weighted by molar-refractivity contribution is 0.0976. The quantitative estimate of drug-likeness (QED) is 0.612. The van der Waals surface area contributed by atoms with Crippen LogP contribution >= 0.6 is 0 Å². The molecule has 0 unspecified atom stereocenters. The predicted molar refractivity (Wildman–Crippen MR) is 47.4 cm³/mol. The molecule has 0 saturated heterocycles. The summed E-state index contributed by atoms with van der Waals surface area (Å²) >= 11 is 0. The Hall–Kier alpha value is -0.0551. The zero-order valence-corrected chi connectivity index (χ0v) is 7.41. The molecule has 3 nitrogen and oxygen atoms in total. The predicted octanol–water partition coefficient (Wildman–Crippen LogP) is 1.09. The van der Waals surface area contributed by atoms with Crippen LogP contribution in [-0.2, 0) is 4.65 Å². The average Bonchev–Trinajstić information content (AvgIpc) is 1.93. The minimum absolute atomic E-state index is 0.0605. The normalized spacial score (nSPS) is 21.5. The minimum atomic E-state index is -1.59. The van der Waals surface area contributed by atoms with Crippen molar-refractivity contribution in [3.05, 3.63) is 0 Å². The van der Waals surface area contributed by atoms with Crippen molar-refractivity contribution in [2.45, 2.75) is 51.0 Å². The lowest BCUT2D eigenvalue weighted by Crippen LogP contribution is -2.26. The highest BCUT2D eigenvalue weighted by Gasteiger charge is 2.18. The maximum Gasteiger partial charge on any atom is 0.634 e. The summed E-state index contributed by atoms with van der Waals surface area (Å²) in [6, 6.07) is 0. The van der Waals surface area contributed by atoms with Crippen molar-refractivity contribution < 1.29 is 14.7 Å². The first-order valence-electron chi connectivity index (χ1n) is 4.80. The van der Waals surface area contributed by atoms with E-state index in [1.54, 1.807) is 0 Å². The van der Waals surface area contributed by atoms with Crippen molar-refractivity contribution in [3.8, 4) is 0 Å². The summed E-state index contributed by atoms with van der Waals surface area (Å²) in [4.78, 5) is 0. The lowest BCUT2D eigenvalue weighted by atomic mass is 9.98. The molecular formula is C8H17BO3. The van der Waals surface area contributed by atoms with Gasteiger partial charge in [-0.25, -0.2) is 0 Å². The van der Waals surface area contributed by atoms with Gasteiger partial charge in [-0.05, 0) is 12.8 Å². The van der Waals surface area contributed by atoms with E-state index in [2.05, 4.69) is 0 Å². The summed E-state index contributed by atoms with van der Waals surface area (Å²) in [7, 11) is -1.59. The molecule has 70 valence electrons. The van der Waals surface area contributed by atoms with Crippen molar-refractivity contribution in [1.29, 1.82) is 0 Å². The van der Waals surface area contributed by atoms with E-state index >= 15 is 0 Å². The Morgan fingerprint density at radius 1 is 0.917 bits per heavy atom. The number of rotatable bonds is 2. The molecule has 0 bridgehead atoms. The minimum Gasteiger partial charge on any atom is -0.402 e. The largest absolute Gasteiger partial charge is 0.634 e. The highest BCUT2D eigenvalue weighted by molar-refractivity contribution is 6.32. The smallest absolute Gasteiger partial charge is 0.402 e. The summed E-state index contributed by atoms with van der Waals surface area (Å²) in [6.45, 7) is 0. The topological polar surface area (TPSA) is 49.7 Å². The maximum atomic E-state index is 8.60.